The van der Waals surface area contributed by atoms with Crippen LogP contribution in [0.1, 0.15) is 46.4 Å². The zero-order chi connectivity index (χ0) is 21.5. The smallest absolute Gasteiger partial charge is 0.416 e. The lowest BCUT2D eigenvalue weighted by molar-refractivity contribution is -0.137. The third kappa shape index (κ3) is 3.64. The first-order chi connectivity index (χ1) is 14.3. The van der Waals surface area contributed by atoms with Crippen molar-refractivity contribution >= 4 is 5.91 Å². The third-order valence-electron chi connectivity index (χ3n) is 5.03. The number of amides is 1. The Hall–Kier alpha value is -3.30. The second-order valence-corrected chi connectivity index (χ2v) is 7.07. The Morgan fingerprint density at radius 3 is 2.77 bits per heavy atom. The van der Waals surface area contributed by atoms with Crippen LogP contribution in [0.15, 0.2) is 41.1 Å². The summed E-state index contributed by atoms with van der Waals surface area (Å²) in [5, 5.41) is 8.12. The summed E-state index contributed by atoms with van der Waals surface area (Å²) in [6, 6.07) is 6.22. The molecule has 1 saturated heterocycles. The van der Waals surface area contributed by atoms with Gasteiger partial charge in [0.2, 0.25) is 0 Å². The molecule has 1 unspecified atom stereocenters. The second kappa shape index (κ2) is 7.51. The maximum Gasteiger partial charge on any atom is 0.416 e. The molecule has 30 heavy (non-hydrogen) atoms. The lowest BCUT2D eigenvalue weighted by Crippen LogP contribution is -2.31. The number of rotatable bonds is 4. The number of aryl methyl sites for hydroxylation is 1. The number of likely N-dealkylation sites (tertiary alicyclic amines) is 1. The summed E-state index contributed by atoms with van der Waals surface area (Å²) in [4.78, 5) is 14.8. The summed E-state index contributed by atoms with van der Waals surface area (Å²) in [7, 11) is 1.38. The largest absolute Gasteiger partial charge is 0.493 e. The number of carbonyl (C=O) groups excluding carboxylic acids is 1. The van der Waals surface area contributed by atoms with Gasteiger partial charge in [-0.2, -0.15) is 18.3 Å². The first-order valence-electron chi connectivity index (χ1n) is 9.33. The molecule has 1 aromatic carbocycles. The minimum absolute atomic E-state index is 0.0260. The predicted molar refractivity (Wildman–Crippen MR) is 99.4 cm³/mol. The highest BCUT2D eigenvalue weighted by Crippen LogP contribution is 2.35. The van der Waals surface area contributed by atoms with Crippen molar-refractivity contribution in [3.63, 3.8) is 0 Å². The molecule has 10 heteroatoms. The van der Waals surface area contributed by atoms with E-state index in [-0.39, 0.29) is 29.1 Å². The molecule has 3 heterocycles. The Balaban J connectivity index is 1.67. The van der Waals surface area contributed by atoms with Gasteiger partial charge in [-0.25, -0.2) is 4.68 Å². The quantitative estimate of drug-likeness (QED) is 0.633. The van der Waals surface area contributed by atoms with E-state index in [2.05, 4.69) is 10.3 Å². The molecule has 1 amide bonds. The van der Waals surface area contributed by atoms with Crippen molar-refractivity contribution in [1.82, 2.24) is 19.8 Å². The number of nitrogens with zero attached hydrogens (tertiary/aromatic N) is 4. The number of aromatic nitrogens is 3. The zero-order valence-corrected chi connectivity index (χ0v) is 16.3. The van der Waals surface area contributed by atoms with E-state index in [1.54, 1.807) is 17.9 Å². The Labute approximate surface area is 170 Å². The van der Waals surface area contributed by atoms with E-state index in [0.29, 0.717) is 12.3 Å². The van der Waals surface area contributed by atoms with Crippen LogP contribution in [0.25, 0.3) is 5.69 Å². The molecule has 0 spiro atoms. The van der Waals surface area contributed by atoms with E-state index in [0.717, 1.165) is 30.7 Å². The Bertz CT molecular complexity index is 1070. The molecule has 0 radical (unpaired) electrons. The topological polar surface area (TPSA) is 73.4 Å². The van der Waals surface area contributed by atoms with Gasteiger partial charge in [-0.15, -0.1) is 0 Å². The van der Waals surface area contributed by atoms with Crippen LogP contribution in [-0.2, 0) is 6.18 Å². The van der Waals surface area contributed by atoms with Gasteiger partial charge in [-0.1, -0.05) is 11.2 Å². The number of methoxy groups -OCH3 is 1. The number of ether oxygens (including phenoxy) is 1. The fourth-order valence-electron chi connectivity index (χ4n) is 3.59. The summed E-state index contributed by atoms with van der Waals surface area (Å²) in [6.07, 6.45) is -1.58. The van der Waals surface area contributed by atoms with Gasteiger partial charge in [-0.3, -0.25) is 4.79 Å². The molecule has 0 saturated carbocycles. The molecular weight excluding hydrogens is 401 g/mol. The SMILES string of the molecule is COc1cn(-c2cccc(C(F)(F)F)c2)nc1C(=O)N1CCCC1c1cc(C)no1. The van der Waals surface area contributed by atoms with Crippen LogP contribution in [0.4, 0.5) is 13.2 Å². The first kappa shape index (κ1) is 20.0. The van der Waals surface area contributed by atoms with Gasteiger partial charge < -0.3 is 14.2 Å². The Kier molecular flexibility index (Phi) is 5.00. The van der Waals surface area contributed by atoms with E-state index < -0.39 is 11.7 Å². The Morgan fingerprint density at radius 2 is 2.10 bits per heavy atom. The fourth-order valence-corrected chi connectivity index (χ4v) is 3.59. The normalized spacial score (nSPS) is 16.8. The fraction of sp³-hybridized carbons (Fsp3) is 0.350. The number of halogens is 3. The number of carbonyl (C=O) groups is 1. The first-order valence-corrected chi connectivity index (χ1v) is 9.33. The molecular formula is C20H19F3N4O3. The van der Waals surface area contributed by atoms with Crippen LogP contribution in [-0.4, -0.2) is 39.4 Å². The molecule has 1 aliphatic rings. The van der Waals surface area contributed by atoms with Gasteiger partial charge in [0.15, 0.2) is 17.2 Å². The average Bonchev–Trinajstić information content (AvgIpc) is 3.45. The van der Waals surface area contributed by atoms with Gasteiger partial charge in [0.05, 0.1) is 36.3 Å². The predicted octanol–water partition coefficient (Wildman–Crippen LogP) is 4.17. The summed E-state index contributed by atoms with van der Waals surface area (Å²) >= 11 is 0. The van der Waals surface area contributed by atoms with Gasteiger partial charge >= 0.3 is 6.18 Å². The van der Waals surface area contributed by atoms with Crippen LogP contribution < -0.4 is 4.74 Å². The summed E-state index contributed by atoms with van der Waals surface area (Å²) in [5.74, 6) is 0.389. The van der Waals surface area contributed by atoms with E-state index in [9.17, 15) is 18.0 Å². The van der Waals surface area contributed by atoms with Crippen molar-refractivity contribution in [2.75, 3.05) is 13.7 Å². The molecule has 4 rings (SSSR count). The monoisotopic (exact) mass is 420 g/mol. The van der Waals surface area contributed by atoms with Crippen molar-refractivity contribution in [3.05, 3.63) is 59.2 Å². The molecule has 2 aromatic heterocycles. The maximum atomic E-state index is 13.2. The maximum absolute atomic E-state index is 13.2. The van der Waals surface area contributed by atoms with Crippen LogP contribution >= 0.6 is 0 Å². The average molecular weight is 420 g/mol. The van der Waals surface area contributed by atoms with Crippen LogP contribution in [0, 0.1) is 6.92 Å². The van der Waals surface area contributed by atoms with Gasteiger partial charge in [0.25, 0.3) is 5.91 Å². The molecule has 1 aliphatic heterocycles. The van der Waals surface area contributed by atoms with Crippen molar-refractivity contribution in [3.8, 4) is 11.4 Å². The molecule has 1 atom stereocenters. The van der Waals surface area contributed by atoms with Crippen molar-refractivity contribution in [2.45, 2.75) is 32.0 Å². The van der Waals surface area contributed by atoms with Crippen LogP contribution in [0.2, 0.25) is 0 Å². The highest BCUT2D eigenvalue weighted by atomic mass is 19.4. The van der Waals surface area contributed by atoms with E-state index >= 15 is 0 Å². The molecule has 0 N–H and O–H groups in total. The van der Waals surface area contributed by atoms with Crippen LogP contribution in [0.3, 0.4) is 0 Å². The lowest BCUT2D eigenvalue weighted by atomic mass is 10.1. The van der Waals surface area contributed by atoms with Gasteiger partial charge in [0, 0.05) is 12.6 Å². The number of hydrogen-bond acceptors (Lipinski definition) is 5. The van der Waals surface area contributed by atoms with E-state index in [1.807, 2.05) is 0 Å². The Morgan fingerprint density at radius 1 is 1.30 bits per heavy atom. The second-order valence-electron chi connectivity index (χ2n) is 7.07. The molecule has 1 fully saturated rings. The molecule has 0 aliphatic carbocycles. The number of hydrogen-bond donors (Lipinski definition) is 0. The number of benzene rings is 1. The van der Waals surface area contributed by atoms with Crippen LogP contribution in [0.5, 0.6) is 5.75 Å². The van der Waals surface area contributed by atoms with Gasteiger partial charge in [0.1, 0.15) is 0 Å². The summed E-state index contributed by atoms with van der Waals surface area (Å²) in [5.41, 5.74) is 0.113. The van der Waals surface area contributed by atoms with E-state index in [4.69, 9.17) is 9.26 Å². The van der Waals surface area contributed by atoms with E-state index in [1.165, 1.54) is 30.1 Å². The zero-order valence-electron chi connectivity index (χ0n) is 16.3. The standard InChI is InChI=1S/C20H19F3N4O3/c1-12-9-16(30-25-12)15-7-4-8-26(15)19(28)18-17(29-2)11-27(24-18)14-6-3-5-13(10-14)20(21,22)23/h3,5-6,9-11,15H,4,7-8H2,1-2H3. The van der Waals surface area contributed by atoms with Crippen molar-refractivity contribution in [1.29, 1.82) is 0 Å². The van der Waals surface area contributed by atoms with Gasteiger partial charge in [-0.05, 0) is 38.0 Å². The minimum Gasteiger partial charge on any atom is -0.493 e. The highest BCUT2D eigenvalue weighted by Gasteiger charge is 2.36. The lowest BCUT2D eigenvalue weighted by Gasteiger charge is -2.21. The summed E-state index contributed by atoms with van der Waals surface area (Å²) in [6.45, 7) is 2.30. The molecule has 7 nitrogen and oxygen atoms in total. The molecule has 0 bridgehead atoms. The van der Waals surface area contributed by atoms with Crippen molar-refractivity contribution in [2.24, 2.45) is 0 Å². The summed E-state index contributed by atoms with van der Waals surface area (Å²) < 4.78 is 51.0. The highest BCUT2D eigenvalue weighted by molar-refractivity contribution is 5.95. The third-order valence-corrected chi connectivity index (χ3v) is 5.03. The number of alkyl halides is 3. The molecule has 3 aromatic rings. The molecule has 158 valence electrons. The van der Waals surface area contributed by atoms with Crippen molar-refractivity contribution < 1.29 is 27.2 Å². The minimum atomic E-state index is -4.48.